The van der Waals surface area contributed by atoms with Crippen LogP contribution < -0.4 is 5.32 Å². The second-order valence-corrected chi connectivity index (χ2v) is 6.37. The van der Waals surface area contributed by atoms with Crippen molar-refractivity contribution < 1.29 is 14.3 Å². The van der Waals surface area contributed by atoms with Crippen LogP contribution in [0.3, 0.4) is 0 Å². The van der Waals surface area contributed by atoms with E-state index in [1.165, 1.54) is 7.11 Å². The van der Waals surface area contributed by atoms with Crippen molar-refractivity contribution in [3.63, 3.8) is 0 Å². The van der Waals surface area contributed by atoms with Crippen LogP contribution in [-0.4, -0.2) is 40.3 Å². The Hall–Kier alpha value is -2.44. The number of amides is 1. The number of rotatable bonds is 6. The third kappa shape index (κ3) is 3.25. The highest BCUT2D eigenvalue weighted by Gasteiger charge is 2.28. The van der Waals surface area contributed by atoms with Gasteiger partial charge in [0.1, 0.15) is 0 Å². The molecule has 2 aromatic rings. The lowest BCUT2D eigenvalue weighted by molar-refractivity contribution is -0.140. The Kier molecular flexibility index (Phi) is 4.51. The summed E-state index contributed by atoms with van der Waals surface area (Å²) >= 11 is 0. The molecular formula is C17H22N4O3. The van der Waals surface area contributed by atoms with E-state index in [1.807, 2.05) is 24.6 Å². The van der Waals surface area contributed by atoms with E-state index < -0.39 is 0 Å². The molecule has 3 rings (SSSR count). The topological polar surface area (TPSA) is 86.1 Å². The van der Waals surface area contributed by atoms with Gasteiger partial charge in [-0.05, 0) is 32.8 Å². The summed E-state index contributed by atoms with van der Waals surface area (Å²) < 4.78 is 6.42. The van der Waals surface area contributed by atoms with Crippen LogP contribution in [-0.2, 0) is 9.53 Å². The number of esters is 1. The maximum Gasteiger partial charge on any atom is 0.307 e. The minimum absolute atomic E-state index is 0.150. The molecule has 2 heterocycles. The van der Waals surface area contributed by atoms with E-state index in [4.69, 9.17) is 4.98 Å². The molecule has 0 saturated heterocycles. The summed E-state index contributed by atoms with van der Waals surface area (Å²) in [5, 5.41) is 7.90. The van der Waals surface area contributed by atoms with Crippen LogP contribution in [0.15, 0.2) is 12.3 Å². The average molecular weight is 330 g/mol. The van der Waals surface area contributed by atoms with E-state index in [0.717, 1.165) is 29.6 Å². The van der Waals surface area contributed by atoms with Gasteiger partial charge in [-0.25, -0.2) is 9.67 Å². The van der Waals surface area contributed by atoms with Crippen molar-refractivity contribution in [3.05, 3.63) is 23.5 Å². The van der Waals surface area contributed by atoms with Gasteiger partial charge in [-0.3, -0.25) is 9.59 Å². The van der Waals surface area contributed by atoms with Crippen LogP contribution >= 0.6 is 0 Å². The molecule has 0 radical (unpaired) electrons. The van der Waals surface area contributed by atoms with E-state index in [0.29, 0.717) is 11.5 Å². The fraction of sp³-hybridized carbons (Fsp3) is 0.529. The Morgan fingerprint density at radius 2 is 2.17 bits per heavy atom. The number of carbonyl (C=O) groups is 2. The van der Waals surface area contributed by atoms with Gasteiger partial charge >= 0.3 is 5.97 Å². The average Bonchev–Trinajstić information content (AvgIpc) is 3.32. The van der Waals surface area contributed by atoms with Crippen molar-refractivity contribution in [2.45, 2.75) is 45.1 Å². The van der Waals surface area contributed by atoms with E-state index >= 15 is 0 Å². The molecule has 0 bridgehead atoms. The number of aromatic nitrogens is 3. The molecule has 1 amide bonds. The van der Waals surface area contributed by atoms with Gasteiger partial charge in [0, 0.05) is 24.2 Å². The SMILES string of the molecule is COC(=O)CCNC(=O)c1cc(C2CC2)nc2c1cnn2C(C)C. The predicted octanol–water partition coefficient (Wildman–Crippen LogP) is 2.18. The lowest BCUT2D eigenvalue weighted by atomic mass is 10.1. The number of methoxy groups -OCH3 is 1. The second kappa shape index (κ2) is 6.59. The van der Waals surface area contributed by atoms with Gasteiger partial charge in [-0.1, -0.05) is 0 Å². The first-order chi connectivity index (χ1) is 11.5. The fourth-order valence-electron chi connectivity index (χ4n) is 2.67. The Labute approximate surface area is 140 Å². The number of hydrogen-bond donors (Lipinski definition) is 1. The number of ether oxygens (including phenoxy) is 1. The summed E-state index contributed by atoms with van der Waals surface area (Å²) in [6.45, 7) is 4.31. The molecule has 1 saturated carbocycles. The summed E-state index contributed by atoms with van der Waals surface area (Å²) in [6, 6.07) is 2.03. The minimum atomic E-state index is -0.346. The molecule has 0 atom stereocenters. The highest BCUT2D eigenvalue weighted by Crippen LogP contribution is 2.40. The predicted molar refractivity (Wildman–Crippen MR) is 88.9 cm³/mol. The Morgan fingerprint density at radius 1 is 1.42 bits per heavy atom. The quantitative estimate of drug-likeness (QED) is 0.821. The molecular weight excluding hydrogens is 308 g/mol. The highest BCUT2D eigenvalue weighted by molar-refractivity contribution is 6.05. The molecule has 7 nitrogen and oxygen atoms in total. The highest BCUT2D eigenvalue weighted by atomic mass is 16.5. The molecule has 0 aliphatic heterocycles. The van der Waals surface area contributed by atoms with Crippen LogP contribution in [0.1, 0.15) is 61.1 Å². The normalized spacial score (nSPS) is 14.2. The number of nitrogens with one attached hydrogen (secondary N) is 1. The van der Waals surface area contributed by atoms with Crippen molar-refractivity contribution in [1.29, 1.82) is 0 Å². The van der Waals surface area contributed by atoms with Gasteiger partial charge in [-0.2, -0.15) is 5.10 Å². The van der Waals surface area contributed by atoms with Crippen molar-refractivity contribution in [2.75, 3.05) is 13.7 Å². The van der Waals surface area contributed by atoms with Gasteiger partial charge in [-0.15, -0.1) is 0 Å². The Balaban J connectivity index is 1.91. The maximum absolute atomic E-state index is 12.6. The van der Waals surface area contributed by atoms with Gasteiger partial charge in [0.05, 0.1) is 30.7 Å². The molecule has 0 unspecified atom stereocenters. The monoisotopic (exact) mass is 330 g/mol. The molecule has 7 heteroatoms. The van der Waals surface area contributed by atoms with Crippen LogP contribution in [0.2, 0.25) is 0 Å². The van der Waals surface area contributed by atoms with E-state index in [-0.39, 0.29) is 30.9 Å². The van der Waals surface area contributed by atoms with Gasteiger partial charge in [0.25, 0.3) is 5.91 Å². The summed E-state index contributed by atoms with van der Waals surface area (Å²) in [5.41, 5.74) is 2.26. The zero-order valence-electron chi connectivity index (χ0n) is 14.2. The van der Waals surface area contributed by atoms with Crippen LogP contribution in [0.4, 0.5) is 0 Å². The maximum atomic E-state index is 12.6. The Bertz CT molecular complexity index is 777. The summed E-state index contributed by atoms with van der Waals surface area (Å²) in [7, 11) is 1.33. The molecule has 2 aromatic heterocycles. The van der Waals surface area contributed by atoms with Crippen LogP contribution in [0.5, 0.6) is 0 Å². The third-order valence-corrected chi connectivity index (χ3v) is 4.16. The molecule has 24 heavy (non-hydrogen) atoms. The molecule has 1 aliphatic carbocycles. The molecule has 128 valence electrons. The first kappa shape index (κ1) is 16.4. The van der Waals surface area contributed by atoms with E-state index in [9.17, 15) is 9.59 Å². The summed E-state index contributed by atoms with van der Waals surface area (Å²) in [4.78, 5) is 28.5. The fourth-order valence-corrected chi connectivity index (χ4v) is 2.67. The van der Waals surface area contributed by atoms with Crippen molar-refractivity contribution in [1.82, 2.24) is 20.1 Å². The van der Waals surface area contributed by atoms with Crippen molar-refractivity contribution in [3.8, 4) is 0 Å². The lowest BCUT2D eigenvalue weighted by Gasteiger charge is -2.10. The zero-order chi connectivity index (χ0) is 17.3. The molecule has 0 aromatic carbocycles. The number of hydrogen-bond acceptors (Lipinski definition) is 5. The Morgan fingerprint density at radius 3 is 2.79 bits per heavy atom. The molecule has 1 N–H and O–H groups in total. The van der Waals surface area contributed by atoms with Crippen molar-refractivity contribution in [2.24, 2.45) is 0 Å². The van der Waals surface area contributed by atoms with E-state index in [1.54, 1.807) is 6.20 Å². The lowest BCUT2D eigenvalue weighted by Crippen LogP contribution is -2.26. The standard InChI is InChI=1S/C17H22N4O3/c1-10(2)21-16-13(9-19-21)12(8-14(20-16)11-4-5-11)17(23)18-7-6-15(22)24-3/h8-11H,4-7H2,1-3H3,(H,18,23). The number of carbonyl (C=O) groups excluding carboxylic acids is 2. The van der Waals surface area contributed by atoms with Gasteiger partial charge in [0.15, 0.2) is 5.65 Å². The third-order valence-electron chi connectivity index (χ3n) is 4.16. The largest absolute Gasteiger partial charge is 0.469 e. The van der Waals surface area contributed by atoms with E-state index in [2.05, 4.69) is 15.2 Å². The zero-order valence-corrected chi connectivity index (χ0v) is 14.2. The second-order valence-electron chi connectivity index (χ2n) is 6.37. The summed E-state index contributed by atoms with van der Waals surface area (Å²) in [5.74, 6) is -0.121. The molecule has 0 spiro atoms. The number of nitrogens with zero attached hydrogens (tertiary/aromatic N) is 3. The number of pyridine rings is 1. The smallest absolute Gasteiger partial charge is 0.307 e. The minimum Gasteiger partial charge on any atom is -0.469 e. The van der Waals surface area contributed by atoms with Gasteiger partial charge < -0.3 is 10.1 Å². The van der Waals surface area contributed by atoms with Gasteiger partial charge in [0.2, 0.25) is 0 Å². The van der Waals surface area contributed by atoms with Crippen LogP contribution in [0.25, 0.3) is 11.0 Å². The first-order valence-electron chi connectivity index (χ1n) is 8.24. The molecule has 1 fully saturated rings. The summed E-state index contributed by atoms with van der Waals surface area (Å²) in [6.07, 6.45) is 4.06. The van der Waals surface area contributed by atoms with Crippen LogP contribution in [0, 0.1) is 0 Å². The number of fused-ring (bicyclic) bond motifs is 1. The van der Waals surface area contributed by atoms with Crippen molar-refractivity contribution >= 4 is 22.9 Å². The molecule has 1 aliphatic rings. The first-order valence-corrected chi connectivity index (χ1v) is 8.24.